The van der Waals surface area contributed by atoms with Gasteiger partial charge in [0.2, 0.25) is 0 Å². The van der Waals surface area contributed by atoms with Gasteiger partial charge in [0.1, 0.15) is 17.7 Å². The van der Waals surface area contributed by atoms with Gasteiger partial charge in [-0.1, -0.05) is 6.07 Å². The summed E-state index contributed by atoms with van der Waals surface area (Å²) >= 11 is 0. The summed E-state index contributed by atoms with van der Waals surface area (Å²) in [6.45, 7) is 1.34. The van der Waals surface area contributed by atoms with Crippen LogP contribution in [0.25, 0.3) is 0 Å². The van der Waals surface area contributed by atoms with Gasteiger partial charge in [-0.15, -0.1) is 0 Å². The second kappa shape index (κ2) is 7.39. The first-order valence-corrected chi connectivity index (χ1v) is 6.00. The smallest absolute Gasteiger partial charge is 0.325 e. The minimum absolute atomic E-state index is 0.145. The van der Waals surface area contributed by atoms with Crippen molar-refractivity contribution in [1.82, 2.24) is 5.32 Å². The second-order valence-electron chi connectivity index (χ2n) is 4.16. The maximum absolute atomic E-state index is 11.8. The summed E-state index contributed by atoms with van der Waals surface area (Å²) in [6.07, 6.45) is 0.978. The van der Waals surface area contributed by atoms with E-state index in [-0.39, 0.29) is 16.9 Å². The average Bonchev–Trinajstić information content (AvgIpc) is 2.47. The number of non-ortho nitro benzene ring substituents is 1. The van der Waals surface area contributed by atoms with Crippen LogP contribution < -0.4 is 10.6 Å². The highest BCUT2D eigenvalue weighted by Gasteiger charge is 2.13. The number of hydrogen-bond donors (Lipinski definition) is 3. The molecule has 0 bridgehead atoms. The summed E-state index contributed by atoms with van der Waals surface area (Å²) in [5.74, 6) is -1.96. The van der Waals surface area contributed by atoms with Gasteiger partial charge in [-0.2, -0.15) is 5.26 Å². The van der Waals surface area contributed by atoms with Crippen molar-refractivity contribution in [3.63, 3.8) is 0 Å². The van der Waals surface area contributed by atoms with Gasteiger partial charge in [0, 0.05) is 24.0 Å². The molecule has 1 aromatic carbocycles. The molecule has 0 aromatic heterocycles. The number of nitro benzene ring substituents is 1. The molecule has 3 N–H and O–H groups in total. The van der Waals surface area contributed by atoms with Gasteiger partial charge in [-0.3, -0.25) is 19.7 Å². The lowest BCUT2D eigenvalue weighted by Crippen LogP contribution is -2.30. The number of nitrogens with zero attached hydrogens (tertiary/aromatic N) is 2. The van der Waals surface area contributed by atoms with Crippen molar-refractivity contribution in [1.29, 1.82) is 5.26 Å². The number of carboxylic acids is 1. The van der Waals surface area contributed by atoms with Gasteiger partial charge in [0.05, 0.1) is 4.92 Å². The number of nitriles is 1. The Balaban J connectivity index is 2.84. The summed E-state index contributed by atoms with van der Waals surface area (Å²) in [5.41, 5.74) is -0.427. The Hall–Kier alpha value is -3.41. The van der Waals surface area contributed by atoms with Gasteiger partial charge < -0.3 is 15.7 Å². The molecule has 1 atom stereocenters. The van der Waals surface area contributed by atoms with Crippen LogP contribution in [0.4, 0.5) is 11.4 Å². The van der Waals surface area contributed by atoms with Crippen molar-refractivity contribution in [2.75, 3.05) is 5.32 Å². The second-order valence-corrected chi connectivity index (χ2v) is 4.16. The summed E-state index contributed by atoms with van der Waals surface area (Å²) in [4.78, 5) is 32.5. The fourth-order valence-electron chi connectivity index (χ4n) is 1.32. The number of hydrogen-bond acceptors (Lipinski definition) is 6. The molecule has 0 saturated heterocycles. The number of nitrogens with one attached hydrogen (secondary N) is 2. The molecule has 0 aliphatic rings. The molecule has 1 unspecified atom stereocenters. The van der Waals surface area contributed by atoms with Crippen molar-refractivity contribution in [3.05, 3.63) is 46.2 Å². The van der Waals surface area contributed by atoms with Crippen LogP contribution in [-0.2, 0) is 9.59 Å². The highest BCUT2D eigenvalue weighted by atomic mass is 16.6. The molecule has 0 aliphatic heterocycles. The SMILES string of the molecule is CC(N/C=C(/C#N)C(=O)Nc1cccc([N+](=O)[O-])c1)C(=O)O. The van der Waals surface area contributed by atoms with E-state index in [1.165, 1.54) is 25.1 Å². The normalized spacial score (nSPS) is 11.9. The van der Waals surface area contributed by atoms with Gasteiger partial charge in [0.15, 0.2) is 0 Å². The maximum atomic E-state index is 11.8. The Morgan fingerprint density at radius 3 is 2.73 bits per heavy atom. The van der Waals surface area contributed by atoms with Gasteiger partial charge in [-0.25, -0.2) is 0 Å². The fourth-order valence-corrected chi connectivity index (χ4v) is 1.32. The van der Waals surface area contributed by atoms with Gasteiger partial charge >= 0.3 is 5.97 Å². The largest absolute Gasteiger partial charge is 0.480 e. The summed E-state index contributed by atoms with van der Waals surface area (Å²) in [6, 6.07) is 5.84. The molecule has 0 aliphatic carbocycles. The van der Waals surface area contributed by atoms with E-state index >= 15 is 0 Å². The molecule has 1 amide bonds. The quantitative estimate of drug-likeness (QED) is 0.307. The molecule has 0 fully saturated rings. The topological polar surface area (TPSA) is 145 Å². The predicted octanol–water partition coefficient (Wildman–Crippen LogP) is 1.00. The van der Waals surface area contributed by atoms with E-state index in [2.05, 4.69) is 10.6 Å². The van der Waals surface area contributed by atoms with E-state index in [4.69, 9.17) is 10.4 Å². The zero-order valence-corrected chi connectivity index (χ0v) is 11.4. The molecule has 0 saturated carbocycles. The molecule has 22 heavy (non-hydrogen) atoms. The average molecular weight is 304 g/mol. The van der Waals surface area contributed by atoms with Crippen molar-refractivity contribution in [3.8, 4) is 6.07 Å². The van der Waals surface area contributed by atoms with Crippen LogP contribution in [-0.4, -0.2) is 27.9 Å². The molecule has 1 rings (SSSR count). The summed E-state index contributed by atoms with van der Waals surface area (Å²) < 4.78 is 0. The first-order chi connectivity index (χ1) is 10.3. The third kappa shape index (κ3) is 4.61. The van der Waals surface area contributed by atoms with E-state index < -0.39 is 22.8 Å². The van der Waals surface area contributed by atoms with Crippen LogP contribution in [0.5, 0.6) is 0 Å². The molecule has 1 aromatic rings. The number of amides is 1. The Bertz CT molecular complexity index is 677. The molecular weight excluding hydrogens is 292 g/mol. The molecule has 9 heteroatoms. The minimum Gasteiger partial charge on any atom is -0.480 e. The zero-order chi connectivity index (χ0) is 16.7. The number of rotatable bonds is 6. The van der Waals surface area contributed by atoms with Crippen molar-refractivity contribution >= 4 is 23.3 Å². The summed E-state index contributed by atoms with van der Waals surface area (Å²) in [5, 5.41) is 32.9. The minimum atomic E-state index is -1.15. The molecule has 0 heterocycles. The Morgan fingerprint density at radius 2 is 2.18 bits per heavy atom. The molecule has 114 valence electrons. The first-order valence-electron chi connectivity index (χ1n) is 6.00. The molecule has 0 radical (unpaired) electrons. The lowest BCUT2D eigenvalue weighted by atomic mass is 10.2. The monoisotopic (exact) mass is 304 g/mol. The Morgan fingerprint density at radius 1 is 1.50 bits per heavy atom. The van der Waals surface area contributed by atoms with Crippen LogP contribution in [0, 0.1) is 21.4 Å². The van der Waals surface area contributed by atoms with Crippen LogP contribution >= 0.6 is 0 Å². The van der Waals surface area contributed by atoms with Crippen LogP contribution in [0.1, 0.15) is 6.92 Å². The van der Waals surface area contributed by atoms with Crippen LogP contribution in [0.3, 0.4) is 0 Å². The molecular formula is C13H12N4O5. The lowest BCUT2D eigenvalue weighted by molar-refractivity contribution is -0.384. The highest BCUT2D eigenvalue weighted by Crippen LogP contribution is 2.17. The van der Waals surface area contributed by atoms with Crippen LogP contribution in [0.2, 0.25) is 0 Å². The van der Waals surface area contributed by atoms with E-state index in [9.17, 15) is 19.7 Å². The number of carboxylic acid groups (broad SMARTS) is 1. The zero-order valence-electron chi connectivity index (χ0n) is 11.4. The number of benzene rings is 1. The van der Waals surface area contributed by atoms with Crippen molar-refractivity contribution in [2.24, 2.45) is 0 Å². The molecule has 9 nitrogen and oxygen atoms in total. The van der Waals surface area contributed by atoms with Gasteiger partial charge in [0.25, 0.3) is 11.6 Å². The van der Waals surface area contributed by atoms with E-state index in [0.29, 0.717) is 0 Å². The number of carbonyl (C=O) groups is 2. The van der Waals surface area contributed by atoms with Gasteiger partial charge in [-0.05, 0) is 13.0 Å². The first kappa shape index (κ1) is 16.6. The third-order valence-electron chi connectivity index (χ3n) is 2.53. The highest BCUT2D eigenvalue weighted by molar-refractivity contribution is 6.06. The van der Waals surface area contributed by atoms with E-state index in [0.717, 1.165) is 12.3 Å². The lowest BCUT2D eigenvalue weighted by Gasteiger charge is -2.07. The van der Waals surface area contributed by atoms with Crippen LogP contribution in [0.15, 0.2) is 36.0 Å². The predicted molar refractivity (Wildman–Crippen MR) is 75.7 cm³/mol. The molecule has 0 spiro atoms. The maximum Gasteiger partial charge on any atom is 0.325 e. The van der Waals surface area contributed by atoms with E-state index in [1.807, 2.05) is 0 Å². The number of anilines is 1. The van der Waals surface area contributed by atoms with Crippen molar-refractivity contribution < 1.29 is 19.6 Å². The Kier molecular flexibility index (Phi) is 5.59. The number of nitro groups is 1. The fraction of sp³-hybridized carbons (Fsp3) is 0.154. The number of carbonyl (C=O) groups excluding carboxylic acids is 1. The van der Waals surface area contributed by atoms with E-state index in [1.54, 1.807) is 6.07 Å². The summed E-state index contributed by atoms with van der Waals surface area (Å²) in [7, 11) is 0. The van der Waals surface area contributed by atoms with Crippen molar-refractivity contribution in [2.45, 2.75) is 13.0 Å². The number of aliphatic carboxylic acids is 1. The Labute approximate surface area is 125 Å². The standard InChI is InChI=1S/C13H12N4O5/c1-8(13(19)20)15-7-9(6-14)12(18)16-10-3-2-4-11(5-10)17(21)22/h2-5,7-8,15H,1H3,(H,16,18)(H,19,20)/b9-7-. The third-order valence-corrected chi connectivity index (χ3v) is 2.53.